The molecule has 0 unspecified atom stereocenters. The first-order valence-corrected chi connectivity index (χ1v) is 8.73. The fourth-order valence-corrected chi connectivity index (χ4v) is 3.18. The third-order valence-electron chi connectivity index (χ3n) is 4.71. The summed E-state index contributed by atoms with van der Waals surface area (Å²) in [6, 6.07) is 10.5. The number of aryl methyl sites for hydroxylation is 3. The number of aromatic nitrogens is 3. The predicted molar refractivity (Wildman–Crippen MR) is 106 cm³/mol. The average molecular weight is 374 g/mol. The van der Waals surface area contributed by atoms with Crippen LogP contribution in [0.3, 0.4) is 0 Å². The van der Waals surface area contributed by atoms with Crippen LogP contribution in [0.25, 0.3) is 22.0 Å². The third-order valence-corrected chi connectivity index (χ3v) is 4.71. The van der Waals surface area contributed by atoms with Gasteiger partial charge in [-0.1, -0.05) is 11.2 Å². The fourth-order valence-electron chi connectivity index (χ4n) is 3.18. The lowest BCUT2D eigenvalue weighted by atomic mass is 9.97. The maximum absolute atomic E-state index is 13.0. The zero-order valence-electron chi connectivity index (χ0n) is 15.7. The number of hydrogen-bond acceptors (Lipinski definition) is 5. The monoisotopic (exact) mass is 374 g/mol. The van der Waals surface area contributed by atoms with Crippen molar-refractivity contribution in [3.05, 3.63) is 76.0 Å². The van der Waals surface area contributed by atoms with Crippen LogP contribution in [-0.4, -0.2) is 20.6 Å². The number of carbonyl (C=O) groups is 1. The van der Waals surface area contributed by atoms with Gasteiger partial charge in [-0.2, -0.15) is 0 Å². The lowest BCUT2D eigenvalue weighted by molar-refractivity contribution is 0.102. The fraction of sp³-hybridized carbons (Fsp3) is 0.143. The van der Waals surface area contributed by atoms with Gasteiger partial charge in [-0.15, -0.1) is 0 Å². The van der Waals surface area contributed by atoms with Crippen molar-refractivity contribution in [1.82, 2.24) is 14.7 Å². The number of amides is 1. The average Bonchev–Trinajstić information content (AvgIpc) is 3.18. The summed E-state index contributed by atoms with van der Waals surface area (Å²) in [6.07, 6.45) is 3.13. The molecule has 1 amide bonds. The van der Waals surface area contributed by atoms with Crippen molar-refractivity contribution < 1.29 is 9.32 Å². The Kier molecular flexibility index (Phi) is 4.27. The van der Waals surface area contributed by atoms with Crippen molar-refractivity contribution in [2.24, 2.45) is 7.05 Å². The van der Waals surface area contributed by atoms with Crippen LogP contribution in [0, 0.1) is 13.8 Å². The highest BCUT2D eigenvalue weighted by molar-refractivity contribution is 6.04. The number of anilines is 1. The van der Waals surface area contributed by atoms with Gasteiger partial charge in [-0.05, 0) is 49.2 Å². The maximum atomic E-state index is 13.0. The molecule has 0 fully saturated rings. The Hall–Kier alpha value is -3.74. The van der Waals surface area contributed by atoms with Crippen molar-refractivity contribution in [3.8, 4) is 11.1 Å². The smallest absolute Gasteiger partial charge is 0.258 e. The van der Waals surface area contributed by atoms with Crippen LogP contribution < -0.4 is 10.9 Å². The summed E-state index contributed by atoms with van der Waals surface area (Å²) in [6.45, 7) is 3.80. The maximum Gasteiger partial charge on any atom is 0.258 e. The molecule has 4 rings (SSSR count). The number of nitrogens with one attached hydrogen (secondary N) is 1. The molecule has 7 nitrogen and oxygen atoms in total. The molecule has 0 bridgehead atoms. The molecule has 3 aromatic heterocycles. The van der Waals surface area contributed by atoms with E-state index in [4.69, 9.17) is 4.52 Å². The Morgan fingerprint density at radius 2 is 1.93 bits per heavy atom. The van der Waals surface area contributed by atoms with Crippen LogP contribution in [0.1, 0.15) is 21.6 Å². The SMILES string of the molecule is Cc1cc2c(cn1)cc(-c1cc(C(=O)Nc3ccon3)ccc1C)c(=O)n2C. The van der Waals surface area contributed by atoms with E-state index >= 15 is 0 Å². The number of benzene rings is 1. The van der Waals surface area contributed by atoms with Crippen LogP contribution in [-0.2, 0) is 7.05 Å². The van der Waals surface area contributed by atoms with Gasteiger partial charge in [0.15, 0.2) is 5.82 Å². The zero-order chi connectivity index (χ0) is 19.8. The molecule has 0 atom stereocenters. The largest absolute Gasteiger partial charge is 0.363 e. The van der Waals surface area contributed by atoms with Gasteiger partial charge >= 0.3 is 0 Å². The number of pyridine rings is 2. The highest BCUT2D eigenvalue weighted by atomic mass is 16.5. The Morgan fingerprint density at radius 1 is 1.11 bits per heavy atom. The second-order valence-corrected chi connectivity index (χ2v) is 6.68. The molecule has 3 heterocycles. The molecule has 0 aliphatic rings. The van der Waals surface area contributed by atoms with Gasteiger partial charge in [0.2, 0.25) is 0 Å². The van der Waals surface area contributed by atoms with Gasteiger partial charge < -0.3 is 14.4 Å². The second-order valence-electron chi connectivity index (χ2n) is 6.68. The highest BCUT2D eigenvalue weighted by Gasteiger charge is 2.15. The summed E-state index contributed by atoms with van der Waals surface area (Å²) in [5.41, 5.74) is 4.08. The molecule has 7 heteroatoms. The lowest BCUT2D eigenvalue weighted by Crippen LogP contribution is -2.20. The molecular weight excluding hydrogens is 356 g/mol. The number of hydrogen-bond donors (Lipinski definition) is 1. The van der Waals surface area contributed by atoms with Gasteiger partial charge in [-0.3, -0.25) is 14.6 Å². The van der Waals surface area contributed by atoms with Crippen molar-refractivity contribution >= 4 is 22.6 Å². The molecule has 0 spiro atoms. The molecule has 140 valence electrons. The lowest BCUT2D eigenvalue weighted by Gasteiger charge is -2.12. The van der Waals surface area contributed by atoms with Crippen LogP contribution in [0.15, 0.2) is 58.2 Å². The second kappa shape index (κ2) is 6.77. The van der Waals surface area contributed by atoms with E-state index in [1.54, 1.807) is 36.0 Å². The molecule has 0 saturated heterocycles. The third kappa shape index (κ3) is 3.07. The summed E-state index contributed by atoms with van der Waals surface area (Å²) in [5.74, 6) is 0.000225. The molecule has 1 aromatic carbocycles. The number of nitrogens with zero attached hydrogens (tertiary/aromatic N) is 3. The summed E-state index contributed by atoms with van der Waals surface area (Å²) in [7, 11) is 1.74. The molecule has 28 heavy (non-hydrogen) atoms. The number of fused-ring (bicyclic) bond motifs is 1. The molecule has 1 N–H and O–H groups in total. The van der Waals surface area contributed by atoms with Crippen molar-refractivity contribution in [2.45, 2.75) is 13.8 Å². The van der Waals surface area contributed by atoms with E-state index in [-0.39, 0.29) is 11.5 Å². The zero-order valence-corrected chi connectivity index (χ0v) is 15.7. The van der Waals surface area contributed by atoms with E-state index in [9.17, 15) is 9.59 Å². The molecular formula is C21H18N4O3. The van der Waals surface area contributed by atoms with E-state index in [1.165, 1.54) is 6.26 Å². The van der Waals surface area contributed by atoms with Crippen molar-refractivity contribution in [3.63, 3.8) is 0 Å². The molecule has 0 radical (unpaired) electrons. The Labute approximate surface area is 160 Å². The summed E-state index contributed by atoms with van der Waals surface area (Å²) >= 11 is 0. The van der Waals surface area contributed by atoms with Crippen LogP contribution in [0.4, 0.5) is 5.82 Å². The minimum atomic E-state index is -0.329. The highest BCUT2D eigenvalue weighted by Crippen LogP contribution is 2.25. The molecule has 0 aliphatic heterocycles. The normalized spacial score (nSPS) is 11.0. The predicted octanol–water partition coefficient (Wildman–Crippen LogP) is 3.46. The topological polar surface area (TPSA) is 90.0 Å². The van der Waals surface area contributed by atoms with Crippen LogP contribution in [0.5, 0.6) is 0 Å². The summed E-state index contributed by atoms with van der Waals surface area (Å²) in [5, 5.41) is 7.20. The Bertz CT molecular complexity index is 1260. The minimum absolute atomic E-state index is 0.129. The van der Waals surface area contributed by atoms with Crippen LogP contribution in [0.2, 0.25) is 0 Å². The van der Waals surface area contributed by atoms with Gasteiger partial charge in [0.05, 0.1) is 5.52 Å². The van der Waals surface area contributed by atoms with Gasteiger partial charge in [0, 0.05) is 41.5 Å². The van der Waals surface area contributed by atoms with E-state index in [1.807, 2.05) is 32.0 Å². The van der Waals surface area contributed by atoms with Crippen LogP contribution >= 0.6 is 0 Å². The number of carbonyl (C=O) groups excluding carboxylic acids is 1. The van der Waals surface area contributed by atoms with E-state index in [2.05, 4.69) is 15.5 Å². The van der Waals surface area contributed by atoms with E-state index in [0.717, 1.165) is 22.2 Å². The Morgan fingerprint density at radius 3 is 2.68 bits per heavy atom. The first kappa shape index (κ1) is 17.7. The van der Waals surface area contributed by atoms with Gasteiger partial charge in [0.25, 0.3) is 11.5 Å². The van der Waals surface area contributed by atoms with Gasteiger partial charge in [-0.25, -0.2) is 0 Å². The quantitative estimate of drug-likeness (QED) is 0.593. The first-order valence-electron chi connectivity index (χ1n) is 8.73. The van der Waals surface area contributed by atoms with Crippen molar-refractivity contribution in [1.29, 1.82) is 0 Å². The standard InChI is InChI=1S/C21H18N4O3/c1-12-4-5-14(20(26)23-19-6-7-28-24-19)9-16(12)17-10-15-11-22-13(2)8-18(15)25(3)21(17)27/h4-11H,1-3H3,(H,23,24,26). The molecule has 0 saturated carbocycles. The number of rotatable bonds is 3. The van der Waals surface area contributed by atoms with Crippen molar-refractivity contribution in [2.75, 3.05) is 5.32 Å². The van der Waals surface area contributed by atoms with E-state index in [0.29, 0.717) is 22.5 Å². The summed E-state index contributed by atoms with van der Waals surface area (Å²) < 4.78 is 6.34. The summed E-state index contributed by atoms with van der Waals surface area (Å²) in [4.78, 5) is 29.9. The van der Waals surface area contributed by atoms with E-state index < -0.39 is 0 Å². The molecule has 4 aromatic rings. The van der Waals surface area contributed by atoms with Gasteiger partial charge in [0.1, 0.15) is 6.26 Å². The Balaban J connectivity index is 1.83. The first-order chi connectivity index (χ1) is 13.4. The molecule has 0 aliphatic carbocycles. The minimum Gasteiger partial charge on any atom is -0.363 e.